The van der Waals surface area contributed by atoms with E-state index in [0.29, 0.717) is 12.6 Å². The van der Waals surface area contributed by atoms with E-state index < -0.39 is 0 Å². The van der Waals surface area contributed by atoms with E-state index in [1.807, 2.05) is 13.8 Å². The Bertz CT molecular complexity index is 80.5. The first kappa shape index (κ1) is 7.40. The zero-order valence-corrected chi connectivity index (χ0v) is 5.60. The minimum absolute atomic E-state index is 0.590. The summed E-state index contributed by atoms with van der Waals surface area (Å²) in [6, 6.07) is 0. The Kier molecular flexibility index (Phi) is 4.22. The third kappa shape index (κ3) is 2.56. The second kappa shape index (κ2) is 4.56. The van der Waals surface area contributed by atoms with Crippen molar-refractivity contribution in [2.75, 3.05) is 6.61 Å². The van der Waals surface area contributed by atoms with Gasteiger partial charge in [-0.15, -0.1) is 0 Å². The monoisotopic (exact) mass is 114 g/mol. The maximum absolute atomic E-state index is 4.98. The van der Waals surface area contributed by atoms with Gasteiger partial charge >= 0.3 is 8.05 Å². The molecule has 0 aliphatic carbocycles. The highest BCUT2D eigenvalue weighted by molar-refractivity contribution is 5.98. The molecule has 0 saturated heterocycles. The summed E-state index contributed by atoms with van der Waals surface area (Å²) in [4.78, 5) is 0. The zero-order valence-electron chi connectivity index (χ0n) is 5.60. The van der Waals surface area contributed by atoms with E-state index in [1.54, 1.807) is 14.1 Å². The highest BCUT2D eigenvalue weighted by atomic mass is 16.6. The summed E-state index contributed by atoms with van der Waals surface area (Å²) in [5.41, 5.74) is 0. The van der Waals surface area contributed by atoms with Crippen LogP contribution in [0.25, 0.3) is 0 Å². The van der Waals surface area contributed by atoms with Gasteiger partial charge in [0.2, 0.25) is 0 Å². The standard InChI is InChI=1S/C5H11BO2/c1-3-5(8-6)7-4-2/h3H,4,6H2,1-2H3/b5-3+. The van der Waals surface area contributed by atoms with Gasteiger partial charge in [-0.3, -0.25) is 0 Å². The van der Waals surface area contributed by atoms with Crippen molar-refractivity contribution in [2.45, 2.75) is 13.8 Å². The van der Waals surface area contributed by atoms with Crippen molar-refractivity contribution in [3.8, 4) is 0 Å². The van der Waals surface area contributed by atoms with Crippen molar-refractivity contribution < 1.29 is 9.39 Å². The van der Waals surface area contributed by atoms with E-state index in [1.165, 1.54) is 0 Å². The Morgan fingerprint density at radius 1 is 1.75 bits per heavy atom. The zero-order chi connectivity index (χ0) is 6.41. The minimum Gasteiger partial charge on any atom is -0.543 e. The molecule has 0 saturated carbocycles. The Labute approximate surface area is 50.9 Å². The Hall–Kier alpha value is -0.595. The van der Waals surface area contributed by atoms with Gasteiger partial charge in [0.1, 0.15) is 0 Å². The molecule has 0 aromatic heterocycles. The lowest BCUT2D eigenvalue weighted by Crippen LogP contribution is -1.93. The molecule has 46 valence electrons. The van der Waals surface area contributed by atoms with Gasteiger partial charge in [-0.2, -0.15) is 0 Å². The van der Waals surface area contributed by atoms with Crippen LogP contribution in [-0.4, -0.2) is 14.7 Å². The number of hydrogen-bond donors (Lipinski definition) is 0. The molecule has 2 nitrogen and oxygen atoms in total. The normalized spacial score (nSPS) is 11.0. The van der Waals surface area contributed by atoms with E-state index in [-0.39, 0.29) is 0 Å². The molecule has 3 heteroatoms. The molecular weight excluding hydrogens is 103 g/mol. The summed E-state index contributed by atoms with van der Waals surface area (Å²) in [5.74, 6) is 0.590. The van der Waals surface area contributed by atoms with Crippen LogP contribution in [0, 0.1) is 0 Å². The maximum atomic E-state index is 4.98. The quantitative estimate of drug-likeness (QED) is 0.391. The summed E-state index contributed by atoms with van der Waals surface area (Å²) in [7, 11) is 1.59. The molecular formula is C5H11BO2. The van der Waals surface area contributed by atoms with Gasteiger partial charge in [0.25, 0.3) is 5.95 Å². The van der Waals surface area contributed by atoms with Crippen molar-refractivity contribution in [1.29, 1.82) is 0 Å². The van der Waals surface area contributed by atoms with Crippen LogP contribution in [0.5, 0.6) is 0 Å². The molecule has 0 aliphatic rings. The molecule has 0 bridgehead atoms. The van der Waals surface area contributed by atoms with Crippen molar-refractivity contribution in [3.05, 3.63) is 12.0 Å². The van der Waals surface area contributed by atoms with E-state index in [9.17, 15) is 0 Å². The fraction of sp³-hybridized carbons (Fsp3) is 0.600. The van der Waals surface area contributed by atoms with E-state index in [4.69, 9.17) is 9.39 Å². The summed E-state index contributed by atoms with van der Waals surface area (Å²) in [5, 5.41) is 0. The lowest BCUT2D eigenvalue weighted by Gasteiger charge is -2.04. The molecule has 8 heavy (non-hydrogen) atoms. The average Bonchev–Trinajstić information content (AvgIpc) is 1.83. The highest BCUT2D eigenvalue weighted by Crippen LogP contribution is 1.94. The predicted octanol–water partition coefficient (Wildman–Crippen LogP) is 0.449. The smallest absolute Gasteiger partial charge is 0.326 e. The van der Waals surface area contributed by atoms with E-state index >= 15 is 0 Å². The Morgan fingerprint density at radius 2 is 2.38 bits per heavy atom. The minimum atomic E-state index is 0.590. The lowest BCUT2D eigenvalue weighted by molar-refractivity contribution is 0.122. The van der Waals surface area contributed by atoms with Crippen LogP contribution in [0.4, 0.5) is 0 Å². The van der Waals surface area contributed by atoms with Crippen LogP contribution in [0.1, 0.15) is 13.8 Å². The first-order valence-electron chi connectivity index (χ1n) is 2.68. The lowest BCUT2D eigenvalue weighted by atomic mass is 10.5. The SMILES string of the molecule is BO/C(=C/C)OCC. The van der Waals surface area contributed by atoms with Gasteiger partial charge in [0, 0.05) is 0 Å². The molecule has 0 spiro atoms. The number of hydrogen-bond acceptors (Lipinski definition) is 2. The predicted molar refractivity (Wildman–Crippen MR) is 35.0 cm³/mol. The second-order valence-electron chi connectivity index (χ2n) is 1.24. The van der Waals surface area contributed by atoms with Crippen molar-refractivity contribution in [3.63, 3.8) is 0 Å². The molecule has 0 rings (SSSR count). The Balaban J connectivity index is 3.38. The summed E-state index contributed by atoms with van der Waals surface area (Å²) in [6.45, 7) is 4.45. The van der Waals surface area contributed by atoms with Gasteiger partial charge in [-0.05, 0) is 19.9 Å². The van der Waals surface area contributed by atoms with Crippen molar-refractivity contribution >= 4 is 8.05 Å². The highest BCUT2D eigenvalue weighted by Gasteiger charge is 1.86. The molecule has 0 aromatic rings. The van der Waals surface area contributed by atoms with Crippen LogP contribution < -0.4 is 0 Å². The fourth-order valence-electron chi connectivity index (χ4n) is 0.402. The Morgan fingerprint density at radius 3 is 2.50 bits per heavy atom. The van der Waals surface area contributed by atoms with Gasteiger partial charge in [0.05, 0.1) is 6.61 Å². The maximum Gasteiger partial charge on any atom is 0.326 e. The molecule has 0 unspecified atom stereocenters. The van der Waals surface area contributed by atoms with Gasteiger partial charge in [-0.25, -0.2) is 0 Å². The molecule has 0 aliphatic heterocycles. The first-order valence-corrected chi connectivity index (χ1v) is 2.68. The molecule has 0 fully saturated rings. The van der Waals surface area contributed by atoms with Gasteiger partial charge < -0.3 is 9.39 Å². The van der Waals surface area contributed by atoms with Crippen LogP contribution in [0.2, 0.25) is 0 Å². The van der Waals surface area contributed by atoms with Crippen LogP contribution in [0.3, 0.4) is 0 Å². The number of rotatable bonds is 3. The molecule has 0 amide bonds. The largest absolute Gasteiger partial charge is 0.543 e. The first-order chi connectivity index (χ1) is 3.85. The molecule has 0 atom stereocenters. The topological polar surface area (TPSA) is 18.5 Å². The summed E-state index contributed by atoms with van der Waals surface area (Å²) in [6.07, 6.45) is 1.78. The third-order valence-corrected chi connectivity index (χ3v) is 0.723. The van der Waals surface area contributed by atoms with Crippen LogP contribution in [0.15, 0.2) is 12.0 Å². The average molecular weight is 114 g/mol. The number of ether oxygens (including phenoxy) is 1. The van der Waals surface area contributed by atoms with Crippen LogP contribution in [-0.2, 0) is 9.39 Å². The fourth-order valence-corrected chi connectivity index (χ4v) is 0.402. The molecule has 0 heterocycles. The van der Waals surface area contributed by atoms with Crippen LogP contribution >= 0.6 is 0 Å². The van der Waals surface area contributed by atoms with E-state index in [0.717, 1.165) is 0 Å². The third-order valence-electron chi connectivity index (χ3n) is 0.723. The van der Waals surface area contributed by atoms with Crippen molar-refractivity contribution in [2.24, 2.45) is 0 Å². The van der Waals surface area contributed by atoms with E-state index in [2.05, 4.69) is 0 Å². The summed E-state index contributed by atoms with van der Waals surface area (Å²) < 4.78 is 9.76. The van der Waals surface area contributed by atoms with Gasteiger partial charge in [-0.1, -0.05) is 0 Å². The van der Waals surface area contributed by atoms with Gasteiger partial charge in [0.15, 0.2) is 0 Å². The molecule has 0 aromatic carbocycles. The van der Waals surface area contributed by atoms with Crippen molar-refractivity contribution in [1.82, 2.24) is 0 Å². The molecule has 0 N–H and O–H groups in total. The molecule has 0 radical (unpaired) electrons. The second-order valence-corrected chi connectivity index (χ2v) is 1.24. The summed E-state index contributed by atoms with van der Waals surface area (Å²) >= 11 is 0. The number of allylic oxidation sites excluding steroid dienone is 1.